The van der Waals surface area contributed by atoms with Crippen LogP contribution in [0.4, 0.5) is 0 Å². The van der Waals surface area contributed by atoms with E-state index in [0.717, 1.165) is 6.04 Å². The minimum atomic E-state index is -2.65. The van der Waals surface area contributed by atoms with Crippen LogP contribution in [0.15, 0.2) is 0 Å². The fraction of sp³-hybridized carbons (Fsp3) is 1.00. The minimum Gasteiger partial charge on any atom is -0.439 e. The summed E-state index contributed by atoms with van der Waals surface area (Å²) in [5, 5.41) is 0. The fourth-order valence-electron chi connectivity index (χ4n) is 2.61. The molecule has 2 atom stereocenters. The highest BCUT2D eigenvalue weighted by Gasteiger charge is 2.44. The Kier molecular flexibility index (Phi) is 11.8. The molecule has 0 spiro atoms. The standard InChI is InChI=1S/C13H36O7Si5/c1-10-22(14)13-23(7,8)19-21(6)20-24(9,15-2)11-12-25(16-3,17-4)18-5/h21H,10-13H2,1-9H3. The number of rotatable bonds is 14. The first-order valence-electron chi connectivity index (χ1n) is 8.59. The molecule has 0 amide bonds. The first-order chi connectivity index (χ1) is 11.5. The molecule has 0 aromatic carbocycles. The van der Waals surface area contributed by atoms with Crippen LogP contribution in [-0.4, -0.2) is 72.1 Å². The van der Waals surface area contributed by atoms with Crippen molar-refractivity contribution in [2.45, 2.75) is 56.9 Å². The second-order valence-corrected chi connectivity index (χ2v) is 22.8. The van der Waals surface area contributed by atoms with Gasteiger partial charge in [0.05, 0.1) is 0 Å². The Morgan fingerprint density at radius 2 is 1.40 bits per heavy atom. The highest BCUT2D eigenvalue weighted by molar-refractivity contribution is 6.85. The van der Waals surface area contributed by atoms with Crippen molar-refractivity contribution in [3.05, 3.63) is 0 Å². The lowest BCUT2D eigenvalue weighted by atomic mass is 10.9. The third-order valence-electron chi connectivity index (χ3n) is 4.17. The molecule has 0 aliphatic heterocycles. The Hall–Kier alpha value is 0.644. The molecule has 0 saturated heterocycles. The Morgan fingerprint density at radius 3 is 1.80 bits per heavy atom. The van der Waals surface area contributed by atoms with E-state index in [4.69, 9.17) is 25.9 Å². The SMILES string of the molecule is CC[Si](=O)C[Si](C)(C)O[SiH](C)O[Si](C)(CC[Si](OC)(OC)OC)OC. The molecular weight excluding hydrogens is 409 g/mol. The molecule has 0 aromatic rings. The predicted octanol–water partition coefficient (Wildman–Crippen LogP) is 2.65. The molecular formula is C13H36O7Si5. The maximum atomic E-state index is 11.9. The molecule has 0 aliphatic rings. The maximum Gasteiger partial charge on any atom is 0.500 e. The zero-order valence-corrected chi connectivity index (χ0v) is 22.4. The molecule has 0 saturated carbocycles. The van der Waals surface area contributed by atoms with Crippen LogP contribution in [0.5, 0.6) is 0 Å². The normalized spacial score (nSPS) is 16.5. The first kappa shape index (κ1) is 25.6. The zero-order valence-electron chi connectivity index (χ0n) is 17.3. The highest BCUT2D eigenvalue weighted by atomic mass is 28.5. The molecule has 0 fully saturated rings. The van der Waals surface area contributed by atoms with Crippen LogP contribution in [0, 0.1) is 0 Å². The van der Waals surface area contributed by atoms with Gasteiger partial charge in [0, 0.05) is 40.2 Å². The lowest BCUT2D eigenvalue weighted by Gasteiger charge is -2.34. The van der Waals surface area contributed by atoms with Crippen molar-refractivity contribution >= 4 is 43.6 Å². The van der Waals surface area contributed by atoms with Gasteiger partial charge in [0.1, 0.15) is 0 Å². The van der Waals surface area contributed by atoms with Crippen LogP contribution in [0.2, 0.25) is 50.0 Å². The second kappa shape index (κ2) is 11.5. The summed E-state index contributed by atoms with van der Waals surface area (Å²) in [4.78, 5) is 0. The smallest absolute Gasteiger partial charge is 0.439 e. The molecule has 0 aromatic heterocycles. The van der Waals surface area contributed by atoms with Gasteiger partial charge in [-0.15, -0.1) is 0 Å². The Morgan fingerprint density at radius 1 is 0.880 bits per heavy atom. The van der Waals surface area contributed by atoms with E-state index in [1.165, 1.54) is 0 Å². The largest absolute Gasteiger partial charge is 0.500 e. The van der Waals surface area contributed by atoms with Crippen LogP contribution < -0.4 is 0 Å². The first-order valence-corrected chi connectivity index (χ1v) is 20.1. The highest BCUT2D eigenvalue weighted by Crippen LogP contribution is 2.25. The monoisotopic (exact) mass is 444 g/mol. The van der Waals surface area contributed by atoms with E-state index >= 15 is 0 Å². The molecule has 25 heavy (non-hydrogen) atoms. The van der Waals surface area contributed by atoms with Crippen LogP contribution in [0.25, 0.3) is 0 Å². The second-order valence-electron chi connectivity index (χ2n) is 6.77. The van der Waals surface area contributed by atoms with Gasteiger partial charge >= 0.3 is 17.4 Å². The predicted molar refractivity (Wildman–Crippen MR) is 109 cm³/mol. The van der Waals surface area contributed by atoms with Gasteiger partial charge < -0.3 is 30.4 Å². The third-order valence-corrected chi connectivity index (χ3v) is 22.4. The lowest BCUT2D eigenvalue weighted by molar-refractivity contribution is 0.124. The third kappa shape index (κ3) is 9.41. The van der Waals surface area contributed by atoms with E-state index in [1.54, 1.807) is 28.4 Å². The van der Waals surface area contributed by atoms with Gasteiger partial charge in [0.25, 0.3) is 18.0 Å². The molecule has 0 N–H and O–H groups in total. The summed E-state index contributed by atoms with van der Waals surface area (Å²) in [5.74, 6) is 0. The summed E-state index contributed by atoms with van der Waals surface area (Å²) in [6.45, 7) is 10.2. The summed E-state index contributed by atoms with van der Waals surface area (Å²) in [6, 6.07) is 2.08. The van der Waals surface area contributed by atoms with Crippen molar-refractivity contribution < 1.29 is 30.4 Å². The summed E-state index contributed by atoms with van der Waals surface area (Å²) in [7, 11) is -3.94. The molecule has 2 unspecified atom stereocenters. The van der Waals surface area contributed by atoms with Crippen molar-refractivity contribution in [3.63, 3.8) is 0 Å². The van der Waals surface area contributed by atoms with E-state index in [1.807, 2.05) is 20.0 Å². The van der Waals surface area contributed by atoms with Crippen LogP contribution in [0.3, 0.4) is 0 Å². The molecule has 0 radical (unpaired) electrons. The molecule has 150 valence electrons. The van der Waals surface area contributed by atoms with Gasteiger partial charge in [-0.3, -0.25) is 0 Å². The average molecular weight is 445 g/mol. The van der Waals surface area contributed by atoms with Crippen LogP contribution >= 0.6 is 0 Å². The molecule has 0 aliphatic carbocycles. The van der Waals surface area contributed by atoms with Crippen LogP contribution in [-0.2, 0) is 30.4 Å². The van der Waals surface area contributed by atoms with Crippen molar-refractivity contribution in [1.29, 1.82) is 0 Å². The summed E-state index contributed by atoms with van der Waals surface area (Å²) in [6.07, 6.45) is 0. The van der Waals surface area contributed by atoms with Crippen molar-refractivity contribution in [3.8, 4) is 0 Å². The van der Waals surface area contributed by atoms with Crippen molar-refractivity contribution in [2.75, 3.05) is 28.4 Å². The Labute approximate surface area is 159 Å². The van der Waals surface area contributed by atoms with E-state index < -0.39 is 43.6 Å². The van der Waals surface area contributed by atoms with E-state index in [2.05, 4.69) is 13.1 Å². The molecule has 0 bridgehead atoms. The molecule has 0 rings (SSSR count). The number of hydrogen-bond acceptors (Lipinski definition) is 7. The van der Waals surface area contributed by atoms with Crippen molar-refractivity contribution in [1.82, 2.24) is 0 Å². The van der Waals surface area contributed by atoms with E-state index in [9.17, 15) is 4.46 Å². The van der Waals surface area contributed by atoms with Gasteiger partial charge in [-0.2, -0.15) is 0 Å². The summed E-state index contributed by atoms with van der Waals surface area (Å²) in [5.41, 5.74) is 0.715. The lowest BCUT2D eigenvalue weighted by Crippen LogP contribution is -2.50. The Bertz CT molecular complexity index is 400. The maximum absolute atomic E-state index is 11.9. The average Bonchev–Trinajstić information content (AvgIpc) is 2.55. The number of hydrogen-bond donors (Lipinski definition) is 0. The summed E-state index contributed by atoms with van der Waals surface area (Å²) < 4.78 is 46.7. The molecule has 0 heterocycles. The van der Waals surface area contributed by atoms with E-state index in [-0.39, 0.29) is 0 Å². The van der Waals surface area contributed by atoms with Gasteiger partial charge in [0.15, 0.2) is 8.32 Å². The van der Waals surface area contributed by atoms with Gasteiger partial charge in [-0.25, -0.2) is 0 Å². The van der Waals surface area contributed by atoms with Gasteiger partial charge in [-0.05, 0) is 38.3 Å². The zero-order chi connectivity index (χ0) is 19.7. The summed E-state index contributed by atoms with van der Waals surface area (Å²) >= 11 is 0. The van der Waals surface area contributed by atoms with Gasteiger partial charge in [-0.1, -0.05) is 6.92 Å². The molecule has 12 heteroatoms. The van der Waals surface area contributed by atoms with Crippen molar-refractivity contribution in [2.24, 2.45) is 0 Å². The van der Waals surface area contributed by atoms with Crippen LogP contribution in [0.1, 0.15) is 6.92 Å². The topological polar surface area (TPSA) is 72.5 Å². The Balaban J connectivity index is 4.80. The fourth-order valence-corrected chi connectivity index (χ4v) is 20.7. The van der Waals surface area contributed by atoms with Gasteiger partial charge in [0.2, 0.25) is 0 Å². The van der Waals surface area contributed by atoms with E-state index in [0.29, 0.717) is 17.8 Å². The quantitative estimate of drug-likeness (QED) is 0.381. The minimum absolute atomic E-state index is 0.637. The molecule has 7 nitrogen and oxygen atoms in total.